The van der Waals surface area contributed by atoms with E-state index >= 15 is 0 Å². The summed E-state index contributed by atoms with van der Waals surface area (Å²) in [7, 11) is 0. The minimum atomic E-state index is -0.101. The minimum absolute atomic E-state index is 0.101. The Morgan fingerprint density at radius 1 is 1.26 bits per heavy atom. The Bertz CT molecular complexity index is 926. The Hall–Kier alpha value is -3.22. The number of nitrogens with zero attached hydrogens (tertiary/aromatic N) is 4. The van der Waals surface area contributed by atoms with E-state index in [-0.39, 0.29) is 11.8 Å². The van der Waals surface area contributed by atoms with Gasteiger partial charge >= 0.3 is 0 Å². The lowest BCUT2D eigenvalue weighted by molar-refractivity contribution is 0.0698. The number of hydrogen-bond acceptors (Lipinski definition) is 6. The molecule has 7 heteroatoms. The summed E-state index contributed by atoms with van der Waals surface area (Å²) in [6, 6.07) is 9.48. The second kappa shape index (κ2) is 7.57. The van der Waals surface area contributed by atoms with Gasteiger partial charge in [-0.3, -0.25) is 9.78 Å². The van der Waals surface area contributed by atoms with Crippen molar-refractivity contribution in [2.24, 2.45) is 0 Å². The van der Waals surface area contributed by atoms with Crippen molar-refractivity contribution in [2.45, 2.75) is 25.7 Å². The van der Waals surface area contributed by atoms with Crippen LogP contribution >= 0.6 is 0 Å². The number of amides is 1. The number of aromatic nitrogens is 3. The molecule has 1 saturated heterocycles. The minimum Gasteiger partial charge on any atom is -0.448 e. The van der Waals surface area contributed by atoms with Crippen LogP contribution in [0.25, 0.3) is 0 Å². The van der Waals surface area contributed by atoms with E-state index in [9.17, 15) is 4.79 Å². The standard InChI is InChI=1S/C20H20N4O3/c1-14-19(22-13-26-14)20(25)24-9-5-6-15(12-24)17-10-21-11-18(23-17)27-16-7-3-2-4-8-16/h2-4,7-8,10-11,13,15H,5-6,9,12H2,1H3/t15-/m1/s1. The smallest absolute Gasteiger partial charge is 0.276 e. The van der Waals surface area contributed by atoms with Crippen LogP contribution in [-0.2, 0) is 0 Å². The first kappa shape index (κ1) is 17.2. The number of benzene rings is 1. The number of rotatable bonds is 4. The van der Waals surface area contributed by atoms with Crippen LogP contribution in [0.5, 0.6) is 11.6 Å². The molecule has 2 aromatic heterocycles. The van der Waals surface area contributed by atoms with Crippen LogP contribution in [0.1, 0.15) is 40.7 Å². The molecule has 1 aromatic carbocycles. The number of piperidine rings is 1. The summed E-state index contributed by atoms with van der Waals surface area (Å²) in [6.45, 7) is 3.03. The van der Waals surface area contributed by atoms with E-state index in [0.29, 0.717) is 36.2 Å². The fourth-order valence-electron chi connectivity index (χ4n) is 3.28. The summed E-state index contributed by atoms with van der Waals surface area (Å²) in [5, 5.41) is 0. The highest BCUT2D eigenvalue weighted by molar-refractivity contribution is 5.93. The SMILES string of the molecule is Cc1ocnc1C(=O)N1CCC[C@@H](c2cncc(Oc3ccccc3)n2)C1. The highest BCUT2D eigenvalue weighted by Crippen LogP contribution is 2.28. The third kappa shape index (κ3) is 3.81. The first-order chi connectivity index (χ1) is 13.2. The molecule has 7 nitrogen and oxygen atoms in total. The molecule has 1 fully saturated rings. The number of oxazole rings is 1. The van der Waals surface area contributed by atoms with Gasteiger partial charge in [-0.15, -0.1) is 0 Å². The van der Waals surface area contributed by atoms with E-state index in [1.807, 2.05) is 35.2 Å². The predicted molar refractivity (Wildman–Crippen MR) is 97.7 cm³/mol. The zero-order valence-electron chi connectivity index (χ0n) is 15.0. The zero-order chi connectivity index (χ0) is 18.6. The molecule has 1 aliphatic rings. The van der Waals surface area contributed by atoms with Crippen LogP contribution in [-0.4, -0.2) is 38.8 Å². The van der Waals surface area contributed by atoms with Gasteiger partial charge in [0.1, 0.15) is 11.5 Å². The largest absolute Gasteiger partial charge is 0.448 e. The van der Waals surface area contributed by atoms with Gasteiger partial charge < -0.3 is 14.1 Å². The van der Waals surface area contributed by atoms with E-state index in [1.54, 1.807) is 19.3 Å². The highest BCUT2D eigenvalue weighted by atomic mass is 16.5. The van der Waals surface area contributed by atoms with Crippen molar-refractivity contribution in [3.63, 3.8) is 0 Å². The molecule has 0 bridgehead atoms. The number of hydrogen-bond donors (Lipinski definition) is 0. The molecule has 0 radical (unpaired) electrons. The fourth-order valence-corrected chi connectivity index (χ4v) is 3.28. The average molecular weight is 364 g/mol. The molecule has 0 aliphatic carbocycles. The maximum Gasteiger partial charge on any atom is 0.276 e. The summed E-state index contributed by atoms with van der Waals surface area (Å²) < 4.78 is 10.9. The van der Waals surface area contributed by atoms with Crippen molar-refractivity contribution < 1.29 is 13.9 Å². The van der Waals surface area contributed by atoms with E-state index in [0.717, 1.165) is 18.5 Å². The lowest BCUT2D eigenvalue weighted by Crippen LogP contribution is -2.39. The van der Waals surface area contributed by atoms with Crippen molar-refractivity contribution in [2.75, 3.05) is 13.1 Å². The van der Waals surface area contributed by atoms with E-state index < -0.39 is 0 Å². The third-order valence-electron chi connectivity index (χ3n) is 4.67. The maximum absolute atomic E-state index is 12.7. The summed E-state index contributed by atoms with van der Waals surface area (Å²) >= 11 is 0. The lowest BCUT2D eigenvalue weighted by Gasteiger charge is -2.32. The van der Waals surface area contributed by atoms with E-state index in [4.69, 9.17) is 9.15 Å². The van der Waals surface area contributed by atoms with E-state index in [2.05, 4.69) is 15.0 Å². The van der Waals surface area contributed by atoms with Crippen molar-refractivity contribution in [3.05, 3.63) is 66.3 Å². The van der Waals surface area contributed by atoms with Crippen LogP contribution in [0.15, 0.2) is 53.5 Å². The first-order valence-corrected chi connectivity index (χ1v) is 8.95. The number of aryl methyl sites for hydroxylation is 1. The van der Waals surface area contributed by atoms with Crippen molar-refractivity contribution >= 4 is 5.91 Å². The molecular formula is C20H20N4O3. The van der Waals surface area contributed by atoms with Gasteiger partial charge in [0.2, 0.25) is 5.88 Å². The highest BCUT2D eigenvalue weighted by Gasteiger charge is 2.28. The van der Waals surface area contributed by atoms with Gasteiger partial charge in [0.15, 0.2) is 12.1 Å². The Morgan fingerprint density at radius 3 is 2.89 bits per heavy atom. The van der Waals surface area contributed by atoms with Gasteiger partial charge in [-0.05, 0) is 31.9 Å². The number of carbonyl (C=O) groups excluding carboxylic acids is 1. The summed E-state index contributed by atoms with van der Waals surface area (Å²) in [4.78, 5) is 27.4. The van der Waals surface area contributed by atoms with E-state index in [1.165, 1.54) is 6.39 Å². The average Bonchev–Trinajstić information content (AvgIpc) is 3.14. The Balaban J connectivity index is 1.49. The second-order valence-electron chi connectivity index (χ2n) is 6.54. The molecular weight excluding hydrogens is 344 g/mol. The molecule has 0 unspecified atom stereocenters. The monoisotopic (exact) mass is 364 g/mol. The Morgan fingerprint density at radius 2 is 2.11 bits per heavy atom. The Labute approximate surface area is 157 Å². The maximum atomic E-state index is 12.7. The number of ether oxygens (including phenoxy) is 1. The zero-order valence-corrected chi connectivity index (χ0v) is 15.0. The predicted octanol–water partition coefficient (Wildman–Crippen LogP) is 3.59. The summed E-state index contributed by atoms with van der Waals surface area (Å²) in [5.74, 6) is 1.72. The molecule has 4 rings (SSSR count). The van der Waals surface area contributed by atoms with Gasteiger partial charge in [-0.2, -0.15) is 0 Å². The summed E-state index contributed by atoms with van der Waals surface area (Å²) in [6.07, 6.45) is 6.50. The number of likely N-dealkylation sites (tertiary alicyclic amines) is 1. The van der Waals surface area contributed by atoms with Gasteiger partial charge in [-0.25, -0.2) is 9.97 Å². The van der Waals surface area contributed by atoms with Gasteiger partial charge in [0.05, 0.1) is 11.9 Å². The second-order valence-corrected chi connectivity index (χ2v) is 6.54. The van der Waals surface area contributed by atoms with Crippen LogP contribution < -0.4 is 4.74 Å². The summed E-state index contributed by atoms with van der Waals surface area (Å²) in [5.41, 5.74) is 1.21. The quantitative estimate of drug-likeness (QED) is 0.704. The Kier molecular flexibility index (Phi) is 4.82. The molecule has 1 amide bonds. The molecule has 27 heavy (non-hydrogen) atoms. The number of carbonyl (C=O) groups is 1. The molecule has 0 saturated carbocycles. The molecule has 0 spiro atoms. The normalized spacial score (nSPS) is 16.9. The third-order valence-corrected chi connectivity index (χ3v) is 4.67. The molecule has 3 aromatic rings. The lowest BCUT2D eigenvalue weighted by atomic mass is 9.95. The van der Waals surface area contributed by atoms with Crippen LogP contribution in [0, 0.1) is 6.92 Å². The van der Waals surface area contributed by atoms with Crippen LogP contribution in [0.3, 0.4) is 0 Å². The van der Waals surface area contributed by atoms with Crippen molar-refractivity contribution in [1.29, 1.82) is 0 Å². The molecule has 1 atom stereocenters. The first-order valence-electron chi connectivity index (χ1n) is 8.95. The van der Waals surface area contributed by atoms with Crippen molar-refractivity contribution in [3.8, 4) is 11.6 Å². The topological polar surface area (TPSA) is 81.4 Å². The van der Waals surface area contributed by atoms with Crippen LogP contribution in [0.2, 0.25) is 0 Å². The van der Waals surface area contributed by atoms with Gasteiger partial charge in [0.25, 0.3) is 5.91 Å². The van der Waals surface area contributed by atoms with Crippen LogP contribution in [0.4, 0.5) is 0 Å². The van der Waals surface area contributed by atoms with Gasteiger partial charge in [0, 0.05) is 25.2 Å². The number of para-hydroxylation sites is 1. The molecule has 1 aliphatic heterocycles. The molecule has 3 heterocycles. The fraction of sp³-hybridized carbons (Fsp3) is 0.300. The molecule has 138 valence electrons. The van der Waals surface area contributed by atoms with Crippen molar-refractivity contribution in [1.82, 2.24) is 19.9 Å². The van der Waals surface area contributed by atoms with Gasteiger partial charge in [-0.1, -0.05) is 18.2 Å². The molecule has 0 N–H and O–H groups in total.